The molecule has 0 unspecified atom stereocenters. The molecule has 0 saturated carbocycles. The van der Waals surface area contributed by atoms with Crippen molar-refractivity contribution < 1.29 is 9.84 Å². The lowest BCUT2D eigenvalue weighted by atomic mass is 10.0. The number of phenolic OH excluding ortho intramolecular Hbond substituents is 1. The van der Waals surface area contributed by atoms with Gasteiger partial charge in [0.1, 0.15) is 11.5 Å². The van der Waals surface area contributed by atoms with Crippen LogP contribution in [0.2, 0.25) is 0 Å². The Balaban J connectivity index is 2.44. The molecule has 3 heteroatoms. The molecule has 0 saturated heterocycles. The predicted molar refractivity (Wildman–Crippen MR) is 74.4 cm³/mol. The lowest BCUT2D eigenvalue weighted by Crippen LogP contribution is -2.08. The van der Waals surface area contributed by atoms with Crippen molar-refractivity contribution in [3.05, 3.63) is 42.5 Å². The summed E-state index contributed by atoms with van der Waals surface area (Å²) >= 11 is 0. The van der Waals surface area contributed by atoms with Crippen LogP contribution in [0, 0.1) is 0 Å². The summed E-state index contributed by atoms with van der Waals surface area (Å²) in [4.78, 5) is 1.95. The molecule has 18 heavy (non-hydrogen) atoms. The number of rotatable bonds is 3. The topological polar surface area (TPSA) is 32.7 Å². The van der Waals surface area contributed by atoms with E-state index in [0.717, 1.165) is 22.6 Å². The summed E-state index contributed by atoms with van der Waals surface area (Å²) in [5.74, 6) is 1.05. The number of hydrogen-bond acceptors (Lipinski definition) is 3. The molecule has 0 heterocycles. The standard InChI is InChI=1S/C15H17NO2/c1-16(2)12-7-8-14(15(17)10-12)11-5-4-6-13(9-11)18-3/h4-10,17H,1-3H3. The first-order chi connectivity index (χ1) is 8.61. The van der Waals surface area contributed by atoms with Crippen molar-refractivity contribution in [2.45, 2.75) is 0 Å². The Labute approximate surface area is 107 Å². The van der Waals surface area contributed by atoms with Gasteiger partial charge < -0.3 is 14.7 Å². The molecule has 0 aliphatic rings. The zero-order valence-electron chi connectivity index (χ0n) is 10.8. The maximum Gasteiger partial charge on any atom is 0.125 e. The van der Waals surface area contributed by atoms with Gasteiger partial charge in [-0.25, -0.2) is 0 Å². The molecule has 3 nitrogen and oxygen atoms in total. The fourth-order valence-corrected chi connectivity index (χ4v) is 1.83. The SMILES string of the molecule is COc1cccc(-c2ccc(N(C)C)cc2O)c1. The van der Waals surface area contributed by atoms with Crippen molar-refractivity contribution in [2.75, 3.05) is 26.1 Å². The third kappa shape index (κ3) is 2.40. The van der Waals surface area contributed by atoms with Crippen LogP contribution in [-0.4, -0.2) is 26.3 Å². The average molecular weight is 243 g/mol. The molecule has 0 radical (unpaired) electrons. The van der Waals surface area contributed by atoms with E-state index in [4.69, 9.17) is 4.74 Å². The summed E-state index contributed by atoms with van der Waals surface area (Å²) in [5.41, 5.74) is 2.72. The number of aromatic hydroxyl groups is 1. The molecule has 2 aromatic rings. The van der Waals surface area contributed by atoms with Crippen LogP contribution in [0.1, 0.15) is 0 Å². The van der Waals surface area contributed by atoms with Crippen molar-refractivity contribution in [3.63, 3.8) is 0 Å². The summed E-state index contributed by atoms with van der Waals surface area (Å²) in [6.07, 6.45) is 0. The van der Waals surface area contributed by atoms with Crippen molar-refractivity contribution in [3.8, 4) is 22.6 Å². The highest BCUT2D eigenvalue weighted by molar-refractivity contribution is 5.74. The van der Waals surface area contributed by atoms with Gasteiger partial charge in [0.05, 0.1) is 7.11 Å². The predicted octanol–water partition coefficient (Wildman–Crippen LogP) is 3.13. The molecule has 0 aliphatic heterocycles. The summed E-state index contributed by atoms with van der Waals surface area (Å²) in [6.45, 7) is 0. The molecule has 0 bridgehead atoms. The van der Waals surface area contributed by atoms with Gasteiger partial charge in [-0.15, -0.1) is 0 Å². The van der Waals surface area contributed by atoms with Crippen molar-refractivity contribution in [2.24, 2.45) is 0 Å². The Morgan fingerprint density at radius 2 is 1.83 bits per heavy atom. The lowest BCUT2D eigenvalue weighted by molar-refractivity contribution is 0.415. The number of nitrogens with zero attached hydrogens (tertiary/aromatic N) is 1. The van der Waals surface area contributed by atoms with Gasteiger partial charge in [0.25, 0.3) is 0 Å². The largest absolute Gasteiger partial charge is 0.507 e. The van der Waals surface area contributed by atoms with Crippen LogP contribution in [0.5, 0.6) is 11.5 Å². The van der Waals surface area contributed by atoms with E-state index >= 15 is 0 Å². The Hall–Kier alpha value is -2.16. The first-order valence-electron chi connectivity index (χ1n) is 5.76. The van der Waals surface area contributed by atoms with Gasteiger partial charge in [-0.2, -0.15) is 0 Å². The number of hydrogen-bond donors (Lipinski definition) is 1. The number of phenols is 1. The highest BCUT2D eigenvalue weighted by atomic mass is 16.5. The summed E-state index contributed by atoms with van der Waals surface area (Å²) in [5, 5.41) is 10.1. The van der Waals surface area contributed by atoms with E-state index in [2.05, 4.69) is 0 Å². The minimum atomic E-state index is 0.273. The van der Waals surface area contributed by atoms with Gasteiger partial charge in [0, 0.05) is 31.4 Å². The van der Waals surface area contributed by atoms with Gasteiger partial charge in [-0.05, 0) is 29.8 Å². The molecule has 94 valence electrons. The fraction of sp³-hybridized carbons (Fsp3) is 0.200. The number of benzene rings is 2. The molecule has 0 aromatic heterocycles. The van der Waals surface area contributed by atoms with Gasteiger partial charge in [-0.1, -0.05) is 12.1 Å². The Morgan fingerprint density at radius 1 is 1.06 bits per heavy atom. The summed E-state index contributed by atoms with van der Waals surface area (Å²) in [6, 6.07) is 13.3. The Bertz CT molecular complexity index is 550. The first kappa shape index (κ1) is 12.3. The molecule has 0 fully saturated rings. The molecule has 0 spiro atoms. The van der Waals surface area contributed by atoms with Crippen LogP contribution in [0.25, 0.3) is 11.1 Å². The maximum atomic E-state index is 10.1. The monoisotopic (exact) mass is 243 g/mol. The minimum absolute atomic E-state index is 0.273. The third-order valence-electron chi connectivity index (χ3n) is 2.88. The Kier molecular flexibility index (Phi) is 3.42. The smallest absolute Gasteiger partial charge is 0.125 e. The van der Waals surface area contributed by atoms with E-state index in [1.54, 1.807) is 13.2 Å². The van der Waals surface area contributed by atoms with Crippen LogP contribution in [0.15, 0.2) is 42.5 Å². The quantitative estimate of drug-likeness (QED) is 0.899. The zero-order valence-corrected chi connectivity index (χ0v) is 10.8. The normalized spacial score (nSPS) is 10.2. The third-order valence-corrected chi connectivity index (χ3v) is 2.88. The van der Waals surface area contributed by atoms with Crippen molar-refractivity contribution in [1.82, 2.24) is 0 Å². The molecule has 0 amide bonds. The van der Waals surface area contributed by atoms with E-state index in [9.17, 15) is 5.11 Å². The molecule has 0 aliphatic carbocycles. The highest BCUT2D eigenvalue weighted by Gasteiger charge is 2.07. The molecule has 2 rings (SSSR count). The molecule has 0 atom stereocenters. The minimum Gasteiger partial charge on any atom is -0.507 e. The second-order valence-electron chi connectivity index (χ2n) is 4.33. The zero-order chi connectivity index (χ0) is 13.1. The van der Waals surface area contributed by atoms with E-state index < -0.39 is 0 Å². The fourth-order valence-electron chi connectivity index (χ4n) is 1.83. The van der Waals surface area contributed by atoms with E-state index in [1.165, 1.54) is 0 Å². The van der Waals surface area contributed by atoms with Crippen molar-refractivity contribution >= 4 is 5.69 Å². The highest BCUT2D eigenvalue weighted by Crippen LogP contribution is 2.33. The van der Waals surface area contributed by atoms with Crippen LogP contribution in [0.4, 0.5) is 5.69 Å². The second-order valence-corrected chi connectivity index (χ2v) is 4.33. The molecule has 1 N–H and O–H groups in total. The maximum absolute atomic E-state index is 10.1. The van der Waals surface area contributed by atoms with Crippen LogP contribution >= 0.6 is 0 Å². The molecule has 2 aromatic carbocycles. The van der Waals surface area contributed by atoms with Gasteiger partial charge in [0.2, 0.25) is 0 Å². The number of anilines is 1. The summed E-state index contributed by atoms with van der Waals surface area (Å²) < 4.78 is 5.19. The lowest BCUT2D eigenvalue weighted by Gasteiger charge is -2.14. The van der Waals surface area contributed by atoms with Gasteiger partial charge in [0.15, 0.2) is 0 Å². The van der Waals surface area contributed by atoms with E-state index in [1.807, 2.05) is 55.4 Å². The summed E-state index contributed by atoms with van der Waals surface area (Å²) in [7, 11) is 5.52. The van der Waals surface area contributed by atoms with Crippen LogP contribution in [0.3, 0.4) is 0 Å². The van der Waals surface area contributed by atoms with E-state index in [-0.39, 0.29) is 5.75 Å². The van der Waals surface area contributed by atoms with E-state index in [0.29, 0.717) is 0 Å². The Morgan fingerprint density at radius 3 is 2.44 bits per heavy atom. The molecular formula is C15H17NO2. The van der Waals surface area contributed by atoms with Gasteiger partial charge >= 0.3 is 0 Å². The van der Waals surface area contributed by atoms with Crippen LogP contribution in [-0.2, 0) is 0 Å². The number of methoxy groups -OCH3 is 1. The number of ether oxygens (including phenoxy) is 1. The van der Waals surface area contributed by atoms with Crippen LogP contribution < -0.4 is 9.64 Å². The van der Waals surface area contributed by atoms with Gasteiger partial charge in [-0.3, -0.25) is 0 Å². The van der Waals surface area contributed by atoms with Crippen molar-refractivity contribution in [1.29, 1.82) is 0 Å². The average Bonchev–Trinajstić information content (AvgIpc) is 2.38. The molecular weight excluding hydrogens is 226 g/mol. The second kappa shape index (κ2) is 5.00. The first-order valence-corrected chi connectivity index (χ1v) is 5.76.